The first-order valence-corrected chi connectivity index (χ1v) is 9.15. The van der Waals surface area contributed by atoms with Gasteiger partial charge in [-0.15, -0.1) is 0 Å². The number of carbonyl (C=O) groups is 2. The summed E-state index contributed by atoms with van der Waals surface area (Å²) in [7, 11) is 0. The molecule has 2 aliphatic rings. The number of benzene rings is 2. The van der Waals surface area contributed by atoms with Crippen LogP contribution in [0.4, 0.5) is 10.5 Å². The zero-order valence-corrected chi connectivity index (χ0v) is 14.7. The Kier molecular flexibility index (Phi) is 4.23. The molecule has 1 unspecified atom stereocenters. The number of nitrogens with zero attached hydrogens (tertiary/aromatic N) is 1. The molecule has 2 aromatic carbocycles. The van der Waals surface area contributed by atoms with E-state index >= 15 is 0 Å². The molecule has 1 atom stereocenters. The normalized spacial score (nSPS) is 19.1. The summed E-state index contributed by atoms with van der Waals surface area (Å²) in [6, 6.07) is 13.3. The molecule has 0 aromatic heterocycles. The first-order valence-electron chi connectivity index (χ1n) is 7.79. The molecule has 0 fully saturated rings. The maximum atomic E-state index is 12.4. The summed E-state index contributed by atoms with van der Waals surface area (Å²) in [5, 5.41) is 7.58. The highest BCUT2D eigenvalue weighted by Gasteiger charge is 2.31. The van der Waals surface area contributed by atoms with E-state index in [0.717, 1.165) is 28.1 Å². The van der Waals surface area contributed by atoms with Crippen LogP contribution < -0.4 is 10.7 Å². The molecule has 126 valence electrons. The number of amides is 2. The van der Waals surface area contributed by atoms with Crippen LogP contribution in [0.15, 0.2) is 47.6 Å². The smallest absolute Gasteiger partial charge is 0.299 e. The van der Waals surface area contributed by atoms with Crippen LogP contribution in [0.5, 0.6) is 0 Å². The van der Waals surface area contributed by atoms with E-state index in [1.165, 1.54) is 11.8 Å². The Balaban J connectivity index is 1.64. The minimum absolute atomic E-state index is 0.00430. The maximum Gasteiger partial charge on any atom is 0.299 e. The Morgan fingerprint density at radius 2 is 1.96 bits per heavy atom. The number of carbonyl (C=O) groups excluding carboxylic acids is 2. The molecule has 4 rings (SSSR count). The minimum atomic E-state index is -0.248. The lowest BCUT2D eigenvalue weighted by atomic mass is 9.91. The molecule has 2 N–H and O–H groups in total. The number of thioether (sulfide) groups is 1. The molecule has 0 aliphatic carbocycles. The summed E-state index contributed by atoms with van der Waals surface area (Å²) < 4.78 is 0. The number of halogens is 1. The van der Waals surface area contributed by atoms with Crippen molar-refractivity contribution in [2.24, 2.45) is 5.10 Å². The molecule has 2 heterocycles. The van der Waals surface area contributed by atoms with Crippen molar-refractivity contribution >= 4 is 45.9 Å². The van der Waals surface area contributed by atoms with Gasteiger partial charge < -0.3 is 5.32 Å². The van der Waals surface area contributed by atoms with Crippen LogP contribution in [0.25, 0.3) is 0 Å². The molecule has 7 heteroatoms. The quantitative estimate of drug-likeness (QED) is 0.862. The number of hydrazone groups is 1. The first-order chi connectivity index (χ1) is 12.1. The lowest BCUT2D eigenvalue weighted by molar-refractivity contribution is -0.117. The monoisotopic (exact) mass is 371 g/mol. The maximum absolute atomic E-state index is 12.4. The second-order valence-corrected chi connectivity index (χ2v) is 7.31. The highest BCUT2D eigenvalue weighted by Crippen LogP contribution is 2.36. The second-order valence-electron chi connectivity index (χ2n) is 5.92. The molecule has 2 amide bonds. The van der Waals surface area contributed by atoms with Crippen molar-refractivity contribution in [3.63, 3.8) is 0 Å². The van der Waals surface area contributed by atoms with Crippen LogP contribution in [-0.2, 0) is 11.2 Å². The van der Waals surface area contributed by atoms with E-state index in [1.54, 1.807) is 0 Å². The summed E-state index contributed by atoms with van der Waals surface area (Å²) in [4.78, 5) is 23.6. The van der Waals surface area contributed by atoms with Crippen LogP contribution >= 0.6 is 23.4 Å². The van der Waals surface area contributed by atoms with Crippen molar-refractivity contribution in [2.75, 3.05) is 11.1 Å². The van der Waals surface area contributed by atoms with Gasteiger partial charge in [0, 0.05) is 16.5 Å². The lowest BCUT2D eigenvalue weighted by Gasteiger charge is -2.14. The molecule has 0 saturated heterocycles. The zero-order chi connectivity index (χ0) is 17.4. The zero-order valence-electron chi connectivity index (χ0n) is 13.1. The van der Waals surface area contributed by atoms with Gasteiger partial charge in [0.2, 0.25) is 5.91 Å². The molecule has 2 aliphatic heterocycles. The molecule has 5 nitrogen and oxygen atoms in total. The Bertz CT molecular complexity index is 896. The van der Waals surface area contributed by atoms with Crippen molar-refractivity contribution in [3.05, 3.63) is 64.2 Å². The van der Waals surface area contributed by atoms with E-state index in [9.17, 15) is 9.59 Å². The topological polar surface area (TPSA) is 70.6 Å². The van der Waals surface area contributed by atoms with Gasteiger partial charge >= 0.3 is 0 Å². The highest BCUT2D eigenvalue weighted by molar-refractivity contribution is 8.14. The van der Waals surface area contributed by atoms with Gasteiger partial charge in [-0.2, -0.15) is 5.10 Å². The third kappa shape index (κ3) is 3.27. The number of hydrogen-bond donors (Lipinski definition) is 2. The molecule has 0 spiro atoms. The van der Waals surface area contributed by atoms with Gasteiger partial charge in [-0.1, -0.05) is 41.6 Å². The SMILES string of the molecule is O=C1NN=C(c2ccc3c(c2)C(Cc2ccc(Cl)cc2)C(=O)N3)CS1. The van der Waals surface area contributed by atoms with Gasteiger partial charge in [0.15, 0.2) is 0 Å². The Labute approximate surface area is 153 Å². The van der Waals surface area contributed by atoms with E-state index in [0.29, 0.717) is 17.2 Å². The van der Waals surface area contributed by atoms with Crippen molar-refractivity contribution in [3.8, 4) is 0 Å². The number of fused-ring (bicyclic) bond motifs is 1. The van der Waals surface area contributed by atoms with Crippen molar-refractivity contribution in [2.45, 2.75) is 12.3 Å². The number of rotatable bonds is 3. The lowest BCUT2D eigenvalue weighted by Crippen LogP contribution is -2.23. The first kappa shape index (κ1) is 16.2. The summed E-state index contributed by atoms with van der Waals surface area (Å²) in [6.07, 6.45) is 0.609. The fourth-order valence-corrected chi connectivity index (χ4v) is 3.76. The number of hydrogen-bond acceptors (Lipinski definition) is 4. The summed E-state index contributed by atoms with van der Waals surface area (Å²) in [5.41, 5.74) is 7.05. The molecule has 2 aromatic rings. The van der Waals surface area contributed by atoms with Gasteiger partial charge in [-0.25, -0.2) is 5.43 Å². The van der Waals surface area contributed by atoms with Gasteiger partial charge in [0.25, 0.3) is 5.24 Å². The van der Waals surface area contributed by atoms with Gasteiger partial charge in [0.1, 0.15) is 0 Å². The average Bonchev–Trinajstić information content (AvgIpc) is 2.92. The predicted octanol–water partition coefficient (Wildman–Crippen LogP) is 3.78. The van der Waals surface area contributed by atoms with Gasteiger partial charge in [-0.3, -0.25) is 9.59 Å². The average molecular weight is 372 g/mol. The van der Waals surface area contributed by atoms with E-state index in [1.807, 2.05) is 42.5 Å². The summed E-state index contributed by atoms with van der Waals surface area (Å²) >= 11 is 7.11. The van der Waals surface area contributed by atoms with Crippen molar-refractivity contribution in [1.29, 1.82) is 0 Å². The van der Waals surface area contributed by atoms with Crippen molar-refractivity contribution < 1.29 is 9.59 Å². The van der Waals surface area contributed by atoms with Crippen LogP contribution in [0.1, 0.15) is 22.6 Å². The largest absolute Gasteiger partial charge is 0.325 e. The van der Waals surface area contributed by atoms with Crippen LogP contribution in [-0.4, -0.2) is 22.6 Å². The van der Waals surface area contributed by atoms with E-state index in [2.05, 4.69) is 15.8 Å². The molecular weight excluding hydrogens is 358 g/mol. The molecule has 25 heavy (non-hydrogen) atoms. The van der Waals surface area contributed by atoms with Crippen LogP contribution in [0, 0.1) is 0 Å². The summed E-state index contributed by atoms with van der Waals surface area (Å²) in [5.74, 6) is 0.270. The number of anilines is 1. The number of nitrogens with one attached hydrogen (secondary N) is 2. The third-order valence-electron chi connectivity index (χ3n) is 4.31. The van der Waals surface area contributed by atoms with Crippen molar-refractivity contribution in [1.82, 2.24) is 5.43 Å². The molecular formula is C18H14ClN3O2S. The highest BCUT2D eigenvalue weighted by atomic mass is 35.5. The standard InChI is InChI=1S/C18H14ClN3O2S/c19-12-4-1-10(2-5-12)7-14-13-8-11(3-6-15(13)20-17(14)23)16-9-25-18(24)22-21-16/h1-6,8,14H,7,9H2,(H,20,23)(H,22,24). The van der Waals surface area contributed by atoms with E-state index < -0.39 is 0 Å². The Hall–Kier alpha value is -2.31. The van der Waals surface area contributed by atoms with Crippen LogP contribution in [0.2, 0.25) is 5.02 Å². The predicted molar refractivity (Wildman–Crippen MR) is 100 cm³/mol. The fraction of sp³-hybridized carbons (Fsp3) is 0.167. The third-order valence-corrected chi connectivity index (χ3v) is 5.33. The van der Waals surface area contributed by atoms with E-state index in [-0.39, 0.29) is 17.1 Å². The van der Waals surface area contributed by atoms with E-state index in [4.69, 9.17) is 11.6 Å². The Morgan fingerprint density at radius 3 is 2.68 bits per heavy atom. The molecule has 0 saturated carbocycles. The van der Waals surface area contributed by atoms with Gasteiger partial charge in [0.05, 0.1) is 11.6 Å². The Morgan fingerprint density at radius 1 is 1.16 bits per heavy atom. The molecule has 0 radical (unpaired) electrons. The summed E-state index contributed by atoms with van der Waals surface area (Å²) in [6.45, 7) is 0. The fourth-order valence-electron chi connectivity index (χ4n) is 3.02. The second kappa shape index (κ2) is 6.54. The van der Waals surface area contributed by atoms with Gasteiger partial charge in [-0.05, 0) is 47.4 Å². The minimum Gasteiger partial charge on any atom is -0.325 e. The van der Waals surface area contributed by atoms with Crippen LogP contribution in [0.3, 0.4) is 0 Å². The molecule has 0 bridgehead atoms.